The molecule has 3 N–H and O–H groups in total. The Kier molecular flexibility index (Phi) is 13.4. The van der Waals surface area contributed by atoms with Crippen molar-refractivity contribution in [2.45, 2.75) is 28.8 Å². The lowest BCUT2D eigenvalue weighted by molar-refractivity contribution is -0.384. The van der Waals surface area contributed by atoms with Crippen molar-refractivity contribution < 1.29 is 13.3 Å². The van der Waals surface area contributed by atoms with Crippen LogP contribution in [-0.2, 0) is 16.6 Å². The summed E-state index contributed by atoms with van der Waals surface area (Å²) in [6, 6.07) is 39.4. The Bertz CT molecular complexity index is 2740. The van der Waals surface area contributed by atoms with E-state index < -0.39 is 14.9 Å². The van der Waals surface area contributed by atoms with Gasteiger partial charge in [0.2, 0.25) is 0 Å². The first-order valence-corrected chi connectivity index (χ1v) is 23.0. The van der Waals surface area contributed by atoms with Gasteiger partial charge in [0.15, 0.2) is 5.82 Å². The maximum Gasteiger partial charge on any atom is 0.293 e. The summed E-state index contributed by atoms with van der Waals surface area (Å²) >= 11 is 7.78. The molecule has 0 saturated carbocycles. The first-order valence-electron chi connectivity index (χ1n) is 20.1. The van der Waals surface area contributed by atoms with E-state index in [1.807, 2.05) is 72.8 Å². The molecule has 8 rings (SSSR count). The van der Waals surface area contributed by atoms with Crippen LogP contribution in [0.4, 0.5) is 28.6 Å². The minimum Gasteiger partial charge on any atom is -0.384 e. The molecule has 316 valence electrons. The standard InChI is InChI=1S/C46H44ClN9O4S2/c47-35-14-12-33(13-15-35)41-11-5-4-7-34(41)30-54-23-25-55(26-24-54)38-16-18-42-44(27-38)50-32-51-46(42)53-62(59,60)40-17-19-43(45(28-40)56(57)58)52-37(31-61-39-9-2-1-3-10-39)20-22-49-36-8-6-21-48-29-36/h1-19,21,27-29,32,37,49,52H,20,22-26,30-31H2,(H,50,51,53)/t37-/m1/s1. The summed E-state index contributed by atoms with van der Waals surface area (Å²) in [4.78, 5) is 30.3. The number of nitrogens with zero attached hydrogens (tertiary/aromatic N) is 6. The Hall–Kier alpha value is -6.26. The molecule has 5 aromatic carbocycles. The fourth-order valence-electron chi connectivity index (χ4n) is 7.42. The maximum atomic E-state index is 13.8. The Morgan fingerprint density at radius 3 is 2.42 bits per heavy atom. The number of pyridine rings is 1. The van der Waals surface area contributed by atoms with Gasteiger partial charge in [-0.3, -0.25) is 24.7 Å². The van der Waals surface area contributed by atoms with Crippen molar-refractivity contribution in [3.05, 3.63) is 167 Å². The van der Waals surface area contributed by atoms with E-state index in [1.165, 1.54) is 29.6 Å². The number of benzene rings is 5. The molecule has 3 heterocycles. The third kappa shape index (κ3) is 10.6. The molecule has 0 unspecified atom stereocenters. The zero-order chi connectivity index (χ0) is 42.9. The number of sulfonamides is 1. The normalized spacial score (nSPS) is 13.7. The van der Waals surface area contributed by atoms with E-state index >= 15 is 0 Å². The van der Waals surface area contributed by atoms with Crippen LogP contribution in [0.2, 0.25) is 5.02 Å². The van der Waals surface area contributed by atoms with Gasteiger partial charge >= 0.3 is 0 Å². The van der Waals surface area contributed by atoms with Crippen molar-refractivity contribution in [1.29, 1.82) is 0 Å². The van der Waals surface area contributed by atoms with Crippen LogP contribution in [0.1, 0.15) is 12.0 Å². The smallest absolute Gasteiger partial charge is 0.293 e. The van der Waals surface area contributed by atoms with Crippen molar-refractivity contribution >= 4 is 72.9 Å². The summed E-state index contributed by atoms with van der Waals surface area (Å²) in [5, 5.41) is 20.3. The molecule has 13 nitrogen and oxygen atoms in total. The van der Waals surface area contributed by atoms with E-state index in [1.54, 1.807) is 24.2 Å². The summed E-state index contributed by atoms with van der Waals surface area (Å²) in [6.07, 6.45) is 5.36. The highest BCUT2D eigenvalue weighted by molar-refractivity contribution is 7.99. The average molecular weight is 887 g/mol. The number of anilines is 4. The monoisotopic (exact) mass is 885 g/mol. The van der Waals surface area contributed by atoms with Crippen LogP contribution in [0.5, 0.6) is 0 Å². The summed E-state index contributed by atoms with van der Waals surface area (Å²) in [5.41, 5.74) is 5.85. The first-order chi connectivity index (χ1) is 30.2. The van der Waals surface area contributed by atoms with Crippen molar-refractivity contribution in [2.75, 3.05) is 58.7 Å². The molecule has 1 aliphatic heterocycles. The highest BCUT2D eigenvalue weighted by Crippen LogP contribution is 2.33. The van der Waals surface area contributed by atoms with Gasteiger partial charge in [-0.2, -0.15) is 0 Å². The second kappa shape index (κ2) is 19.6. The molecule has 1 aliphatic rings. The van der Waals surface area contributed by atoms with Gasteiger partial charge < -0.3 is 15.5 Å². The van der Waals surface area contributed by atoms with Gasteiger partial charge in [0.1, 0.15) is 12.0 Å². The van der Waals surface area contributed by atoms with Gasteiger partial charge in [-0.1, -0.05) is 66.2 Å². The number of nitrogens with one attached hydrogen (secondary N) is 3. The molecule has 1 saturated heterocycles. The second-order valence-corrected chi connectivity index (χ2v) is 18.0. The number of nitro benzene ring substituents is 1. The number of hydrogen-bond acceptors (Lipinski definition) is 12. The molecule has 62 heavy (non-hydrogen) atoms. The van der Waals surface area contributed by atoms with Crippen molar-refractivity contribution in [1.82, 2.24) is 19.9 Å². The van der Waals surface area contributed by atoms with Gasteiger partial charge in [0.05, 0.1) is 21.0 Å². The lowest BCUT2D eigenvalue weighted by Gasteiger charge is -2.36. The van der Waals surface area contributed by atoms with Crippen LogP contribution in [0.3, 0.4) is 0 Å². The fourth-order valence-corrected chi connectivity index (χ4v) is 9.59. The van der Waals surface area contributed by atoms with E-state index in [-0.39, 0.29) is 28.1 Å². The number of piperazine rings is 1. The predicted octanol–water partition coefficient (Wildman–Crippen LogP) is 9.45. The third-order valence-corrected chi connectivity index (χ3v) is 13.4. The Morgan fingerprint density at radius 2 is 1.65 bits per heavy atom. The number of rotatable bonds is 17. The number of nitro groups is 1. The Morgan fingerprint density at radius 1 is 0.855 bits per heavy atom. The summed E-state index contributed by atoms with van der Waals surface area (Å²) < 4.78 is 30.2. The molecular formula is C46H44ClN9O4S2. The van der Waals surface area contributed by atoms with Crippen LogP contribution in [-0.4, -0.2) is 77.7 Å². The SMILES string of the molecule is O=[N+]([O-])c1cc(S(=O)(=O)Nc2ncnc3cc(N4CCN(Cc5ccccc5-c5ccc(Cl)cc5)CC4)ccc23)ccc1N[C@H](CCNc1cccnc1)CSc1ccccc1. The quantitative estimate of drug-likeness (QED) is 0.0453. The predicted molar refractivity (Wildman–Crippen MR) is 250 cm³/mol. The Balaban J connectivity index is 0.934. The lowest BCUT2D eigenvalue weighted by Crippen LogP contribution is -2.46. The molecule has 7 aromatic rings. The maximum absolute atomic E-state index is 13.8. The largest absolute Gasteiger partial charge is 0.384 e. The number of hydrogen-bond donors (Lipinski definition) is 3. The highest BCUT2D eigenvalue weighted by atomic mass is 35.5. The molecule has 1 atom stereocenters. The van der Waals surface area contributed by atoms with Crippen molar-refractivity contribution in [3.63, 3.8) is 0 Å². The topological polar surface area (TPSA) is 159 Å². The highest BCUT2D eigenvalue weighted by Gasteiger charge is 2.25. The van der Waals surface area contributed by atoms with Crippen LogP contribution in [0.25, 0.3) is 22.0 Å². The Labute approximate surface area is 369 Å². The fraction of sp³-hybridized carbons (Fsp3) is 0.196. The van der Waals surface area contributed by atoms with Crippen LogP contribution >= 0.6 is 23.4 Å². The second-order valence-electron chi connectivity index (χ2n) is 14.8. The molecule has 2 aromatic heterocycles. The summed E-state index contributed by atoms with van der Waals surface area (Å²) in [7, 11) is -4.30. The van der Waals surface area contributed by atoms with Crippen molar-refractivity contribution in [2.24, 2.45) is 0 Å². The van der Waals surface area contributed by atoms with Gasteiger partial charge in [-0.05, 0) is 89.8 Å². The molecule has 0 radical (unpaired) electrons. The van der Waals surface area contributed by atoms with Gasteiger partial charge in [0, 0.05) is 90.5 Å². The summed E-state index contributed by atoms with van der Waals surface area (Å²) in [5.74, 6) is 0.687. The van der Waals surface area contributed by atoms with Crippen LogP contribution in [0, 0.1) is 10.1 Å². The van der Waals surface area contributed by atoms with E-state index in [0.29, 0.717) is 34.6 Å². The number of halogens is 1. The molecule has 0 spiro atoms. The van der Waals surface area contributed by atoms with E-state index in [0.717, 1.165) is 60.6 Å². The molecule has 16 heteroatoms. The number of fused-ring (bicyclic) bond motifs is 1. The molecule has 0 aliphatic carbocycles. The third-order valence-electron chi connectivity index (χ3n) is 10.7. The van der Waals surface area contributed by atoms with Gasteiger partial charge in [-0.25, -0.2) is 18.4 Å². The zero-order valence-electron chi connectivity index (χ0n) is 33.6. The average Bonchev–Trinajstić information content (AvgIpc) is 3.29. The molecule has 0 amide bonds. The first kappa shape index (κ1) is 42.4. The van der Waals surface area contributed by atoms with Crippen molar-refractivity contribution in [3.8, 4) is 11.1 Å². The van der Waals surface area contributed by atoms with E-state index in [4.69, 9.17) is 11.6 Å². The van der Waals surface area contributed by atoms with Crippen LogP contribution < -0.4 is 20.3 Å². The lowest BCUT2D eigenvalue weighted by atomic mass is 9.99. The van der Waals surface area contributed by atoms with E-state index in [9.17, 15) is 18.5 Å². The number of aromatic nitrogens is 3. The minimum atomic E-state index is -4.30. The van der Waals surface area contributed by atoms with E-state index in [2.05, 4.69) is 76.5 Å². The molecule has 1 fully saturated rings. The molecule has 0 bridgehead atoms. The van der Waals surface area contributed by atoms with Gasteiger partial charge in [0.25, 0.3) is 15.7 Å². The summed E-state index contributed by atoms with van der Waals surface area (Å²) in [6.45, 7) is 4.73. The minimum absolute atomic E-state index is 0.0784. The van der Waals surface area contributed by atoms with Gasteiger partial charge in [-0.15, -0.1) is 11.8 Å². The zero-order valence-corrected chi connectivity index (χ0v) is 36.0. The van der Waals surface area contributed by atoms with Crippen LogP contribution in [0.15, 0.2) is 156 Å². The number of thioether (sulfide) groups is 1. The molecular weight excluding hydrogens is 842 g/mol.